The highest BCUT2D eigenvalue weighted by atomic mass is 32.2. The van der Waals surface area contributed by atoms with Crippen molar-refractivity contribution >= 4 is 23.4 Å². The molecule has 182 valence electrons. The van der Waals surface area contributed by atoms with E-state index in [0.29, 0.717) is 11.0 Å². The minimum absolute atomic E-state index is 0.0793. The fraction of sp³-hybridized carbons (Fsp3) is 0.348. The van der Waals surface area contributed by atoms with E-state index in [1.54, 1.807) is 30.5 Å². The number of nitrogens with one attached hydrogen (secondary N) is 1. The lowest BCUT2D eigenvalue weighted by molar-refractivity contribution is -0.137. The molecular weight excluding hydrogens is 472 g/mol. The monoisotopic (exact) mass is 496 g/mol. The molecule has 0 saturated heterocycles. The molecule has 0 fully saturated rings. The molecule has 11 heteroatoms. The van der Waals surface area contributed by atoms with Crippen LogP contribution < -0.4 is 10.1 Å². The number of hydrogen-bond acceptors (Lipinski definition) is 5. The smallest absolute Gasteiger partial charge is 0.416 e. The molecule has 2 unspecified atom stereocenters. The first-order valence-electron chi connectivity index (χ1n) is 10.5. The summed E-state index contributed by atoms with van der Waals surface area (Å²) < 4.78 is 59.7. The van der Waals surface area contributed by atoms with Gasteiger partial charge >= 0.3 is 6.18 Å². The van der Waals surface area contributed by atoms with E-state index in [9.17, 15) is 22.4 Å². The van der Waals surface area contributed by atoms with Crippen molar-refractivity contribution in [1.82, 2.24) is 14.8 Å². The minimum Gasteiger partial charge on any atom is -0.480 e. The van der Waals surface area contributed by atoms with E-state index in [4.69, 9.17) is 4.74 Å². The van der Waals surface area contributed by atoms with Gasteiger partial charge in [0, 0.05) is 11.7 Å². The predicted octanol–water partition coefficient (Wildman–Crippen LogP) is 6.28. The van der Waals surface area contributed by atoms with E-state index in [1.807, 2.05) is 13.8 Å². The van der Waals surface area contributed by atoms with Gasteiger partial charge in [0.15, 0.2) is 28.7 Å². The summed E-state index contributed by atoms with van der Waals surface area (Å²) in [5.74, 6) is -0.337. The number of amides is 1. The van der Waals surface area contributed by atoms with Gasteiger partial charge in [0.2, 0.25) is 5.91 Å². The van der Waals surface area contributed by atoms with Crippen LogP contribution in [0.1, 0.15) is 51.2 Å². The fourth-order valence-corrected chi connectivity index (χ4v) is 4.10. The number of ether oxygens (including phenoxy) is 1. The summed E-state index contributed by atoms with van der Waals surface area (Å²) in [6.45, 7) is 7.21. The number of para-hydroxylation sites is 1. The molecule has 0 aliphatic rings. The van der Waals surface area contributed by atoms with Crippen LogP contribution in [-0.4, -0.2) is 25.9 Å². The molecule has 1 aromatic heterocycles. The molecule has 34 heavy (non-hydrogen) atoms. The summed E-state index contributed by atoms with van der Waals surface area (Å²) in [5, 5.41) is 10.8. The maximum Gasteiger partial charge on any atom is 0.416 e. The Morgan fingerprint density at radius 2 is 1.68 bits per heavy atom. The number of aromatic nitrogens is 3. The van der Waals surface area contributed by atoms with E-state index < -0.39 is 34.8 Å². The van der Waals surface area contributed by atoms with E-state index >= 15 is 0 Å². The van der Waals surface area contributed by atoms with Gasteiger partial charge in [-0.15, -0.1) is 10.2 Å². The number of rotatable bonds is 8. The van der Waals surface area contributed by atoms with Crippen molar-refractivity contribution in [2.45, 2.75) is 56.4 Å². The van der Waals surface area contributed by atoms with Crippen LogP contribution in [0.5, 0.6) is 5.75 Å². The number of thioether (sulfide) groups is 1. The van der Waals surface area contributed by atoms with Crippen molar-refractivity contribution < 1.29 is 27.1 Å². The van der Waals surface area contributed by atoms with Gasteiger partial charge in [-0.25, -0.2) is 4.39 Å². The second kappa shape index (κ2) is 10.5. The third-order valence-corrected chi connectivity index (χ3v) is 5.90. The molecule has 2 aromatic carbocycles. The molecule has 1 N–H and O–H groups in total. The third-order valence-electron chi connectivity index (χ3n) is 4.84. The summed E-state index contributed by atoms with van der Waals surface area (Å²) in [6, 6.07) is 10.2. The molecule has 0 radical (unpaired) electrons. The standard InChI is InChI=1S/C23H24F4N4O2S/c1-13(2)31-20(14(3)33-19-8-6-5-7-18(19)24)29-30-22(31)34-15(4)21(32)28-17-11-9-16(10-12-17)23(25,26)27/h5-15H,1-4H3,(H,28,32). The molecule has 3 aromatic rings. The first-order valence-corrected chi connectivity index (χ1v) is 11.4. The van der Waals surface area contributed by atoms with Crippen molar-refractivity contribution in [3.8, 4) is 5.75 Å². The summed E-state index contributed by atoms with van der Waals surface area (Å²) in [4.78, 5) is 12.6. The number of nitrogens with zero attached hydrogens (tertiary/aromatic N) is 3. The summed E-state index contributed by atoms with van der Waals surface area (Å²) in [6.07, 6.45) is -5.06. The fourth-order valence-electron chi connectivity index (χ4n) is 3.11. The third kappa shape index (κ3) is 6.07. The SMILES string of the molecule is CC(Sc1nnc(C(C)Oc2ccccc2F)n1C(C)C)C(=O)Nc1ccc(C(F)(F)F)cc1. The van der Waals surface area contributed by atoms with Gasteiger partial charge in [-0.1, -0.05) is 23.9 Å². The van der Waals surface area contributed by atoms with Crippen molar-refractivity contribution in [3.63, 3.8) is 0 Å². The Morgan fingerprint density at radius 3 is 2.26 bits per heavy atom. The number of carbonyl (C=O) groups excluding carboxylic acids is 1. The molecule has 6 nitrogen and oxygen atoms in total. The van der Waals surface area contributed by atoms with Crippen molar-refractivity contribution in [2.75, 3.05) is 5.32 Å². The summed E-state index contributed by atoms with van der Waals surface area (Å²) in [7, 11) is 0. The highest BCUT2D eigenvalue weighted by Crippen LogP contribution is 2.32. The number of halogens is 4. The van der Waals surface area contributed by atoms with Crippen LogP contribution in [0, 0.1) is 5.82 Å². The second-order valence-corrected chi connectivity index (χ2v) is 9.13. The van der Waals surface area contributed by atoms with Crippen LogP contribution in [0.4, 0.5) is 23.2 Å². The van der Waals surface area contributed by atoms with Crippen molar-refractivity contribution in [1.29, 1.82) is 0 Å². The summed E-state index contributed by atoms with van der Waals surface area (Å²) >= 11 is 1.15. The Balaban J connectivity index is 1.71. The summed E-state index contributed by atoms with van der Waals surface area (Å²) in [5.41, 5.74) is -0.541. The van der Waals surface area contributed by atoms with E-state index in [-0.39, 0.29) is 17.5 Å². The van der Waals surface area contributed by atoms with E-state index in [2.05, 4.69) is 15.5 Å². The molecule has 0 aliphatic carbocycles. The molecular formula is C23H24F4N4O2S. The normalized spacial score (nSPS) is 13.6. The van der Waals surface area contributed by atoms with Gasteiger partial charge in [0.1, 0.15) is 0 Å². The molecule has 1 heterocycles. The van der Waals surface area contributed by atoms with E-state index in [0.717, 1.165) is 23.9 Å². The molecule has 2 atom stereocenters. The van der Waals surface area contributed by atoms with Crippen LogP contribution in [0.2, 0.25) is 0 Å². The maximum atomic E-state index is 14.0. The van der Waals surface area contributed by atoms with Crippen LogP contribution in [-0.2, 0) is 11.0 Å². The Hall–Kier alpha value is -3.08. The number of hydrogen-bond donors (Lipinski definition) is 1. The van der Waals surface area contributed by atoms with Crippen LogP contribution in [0.15, 0.2) is 53.7 Å². The van der Waals surface area contributed by atoms with Gasteiger partial charge < -0.3 is 14.6 Å². The zero-order valence-electron chi connectivity index (χ0n) is 18.9. The highest BCUT2D eigenvalue weighted by Gasteiger charge is 2.30. The molecule has 0 bridgehead atoms. The van der Waals surface area contributed by atoms with Crippen LogP contribution in [0.25, 0.3) is 0 Å². The second-order valence-electron chi connectivity index (χ2n) is 7.82. The molecule has 0 spiro atoms. The lowest BCUT2D eigenvalue weighted by Crippen LogP contribution is -2.23. The van der Waals surface area contributed by atoms with Crippen molar-refractivity contribution in [2.24, 2.45) is 0 Å². The molecule has 0 aliphatic heterocycles. The first-order chi connectivity index (χ1) is 16.0. The average Bonchev–Trinajstić information content (AvgIpc) is 3.19. The van der Waals surface area contributed by atoms with Gasteiger partial charge in [0.25, 0.3) is 0 Å². The predicted molar refractivity (Wildman–Crippen MR) is 121 cm³/mol. The number of benzene rings is 2. The Kier molecular flexibility index (Phi) is 7.86. The lowest BCUT2D eigenvalue weighted by atomic mass is 10.2. The van der Waals surface area contributed by atoms with Gasteiger partial charge in [-0.05, 0) is 64.1 Å². The van der Waals surface area contributed by atoms with Crippen LogP contribution >= 0.6 is 11.8 Å². The number of anilines is 1. The molecule has 0 saturated carbocycles. The number of alkyl halides is 3. The first kappa shape index (κ1) is 25.5. The lowest BCUT2D eigenvalue weighted by Gasteiger charge is -2.20. The maximum absolute atomic E-state index is 14.0. The Bertz CT molecular complexity index is 1130. The largest absolute Gasteiger partial charge is 0.480 e. The van der Waals surface area contributed by atoms with Gasteiger partial charge in [-0.3, -0.25) is 4.79 Å². The average molecular weight is 497 g/mol. The van der Waals surface area contributed by atoms with Gasteiger partial charge in [0.05, 0.1) is 10.8 Å². The Labute approximate surface area is 198 Å². The molecule has 3 rings (SSSR count). The topological polar surface area (TPSA) is 69.0 Å². The van der Waals surface area contributed by atoms with Gasteiger partial charge in [-0.2, -0.15) is 13.2 Å². The highest BCUT2D eigenvalue weighted by molar-refractivity contribution is 8.00. The zero-order valence-corrected chi connectivity index (χ0v) is 19.7. The van der Waals surface area contributed by atoms with Crippen molar-refractivity contribution in [3.05, 3.63) is 65.7 Å². The Morgan fingerprint density at radius 1 is 1.03 bits per heavy atom. The quantitative estimate of drug-likeness (QED) is 0.294. The minimum atomic E-state index is -4.45. The zero-order chi connectivity index (χ0) is 25.0. The van der Waals surface area contributed by atoms with Crippen LogP contribution in [0.3, 0.4) is 0 Å². The number of carbonyl (C=O) groups is 1. The van der Waals surface area contributed by atoms with E-state index in [1.165, 1.54) is 24.3 Å². The molecule has 1 amide bonds.